The van der Waals surface area contributed by atoms with Crippen LogP contribution in [0.15, 0.2) is 42.6 Å². The van der Waals surface area contributed by atoms with Crippen LogP contribution in [-0.4, -0.2) is 9.97 Å². The van der Waals surface area contributed by atoms with Crippen LogP contribution in [-0.2, 0) is 6.42 Å². The zero-order valence-electron chi connectivity index (χ0n) is 11.6. The van der Waals surface area contributed by atoms with E-state index in [2.05, 4.69) is 41.5 Å². The number of unbranched alkanes of at least 4 members (excludes halogenated alkanes) is 1. The third kappa shape index (κ3) is 4.03. The average molecular weight is 285 g/mol. The maximum Gasteiger partial charge on any atom is 0.122 e. The van der Waals surface area contributed by atoms with E-state index in [1.54, 1.807) is 6.20 Å². The molecule has 2 rings (SSSR count). The smallest absolute Gasteiger partial charge is 0.122 e. The second kappa shape index (κ2) is 7.01. The molecule has 4 heteroatoms. The van der Waals surface area contributed by atoms with Gasteiger partial charge in [0, 0.05) is 17.6 Å². The van der Waals surface area contributed by atoms with Gasteiger partial charge in [0.2, 0.25) is 0 Å². The first-order valence-electron chi connectivity index (χ1n) is 6.81. The van der Waals surface area contributed by atoms with Crippen LogP contribution in [0.3, 0.4) is 0 Å². The number of aryl methyl sites for hydroxylation is 1. The van der Waals surface area contributed by atoms with E-state index in [1.165, 1.54) is 18.4 Å². The lowest BCUT2D eigenvalue weighted by Gasteiger charge is -2.08. The number of thiocarbonyl (C=S) groups is 1. The fraction of sp³-hybridized carbons (Fsp3) is 0.250. The van der Waals surface area contributed by atoms with Crippen molar-refractivity contribution in [1.29, 1.82) is 0 Å². The number of hydrogen-bond acceptors (Lipinski definition) is 3. The quantitative estimate of drug-likeness (QED) is 0.793. The fourth-order valence-corrected chi connectivity index (χ4v) is 2.06. The molecule has 1 heterocycles. The number of hydrogen-bond donors (Lipinski definition) is 2. The normalized spacial score (nSPS) is 10.2. The van der Waals surface area contributed by atoms with Crippen LogP contribution in [0.1, 0.15) is 31.0 Å². The minimum atomic E-state index is 0.309. The summed E-state index contributed by atoms with van der Waals surface area (Å²) < 4.78 is 0. The summed E-state index contributed by atoms with van der Waals surface area (Å²) in [4.78, 5) is 4.43. The number of nitrogens with zero attached hydrogens (tertiary/aromatic N) is 1. The average Bonchev–Trinajstić information content (AvgIpc) is 2.47. The molecule has 0 aliphatic rings. The number of rotatable bonds is 6. The molecular formula is C16H19N3S. The molecule has 3 N–H and O–H groups in total. The molecule has 0 spiro atoms. The number of anilines is 2. The van der Waals surface area contributed by atoms with E-state index < -0.39 is 0 Å². The number of nitrogens with two attached hydrogens (primary N) is 1. The maximum atomic E-state index is 5.58. The number of benzene rings is 1. The summed E-state index contributed by atoms with van der Waals surface area (Å²) in [5.74, 6) is 0. The molecule has 104 valence electrons. The molecule has 0 bridgehead atoms. The molecule has 0 fully saturated rings. The van der Waals surface area contributed by atoms with Gasteiger partial charge in [-0.3, -0.25) is 4.98 Å². The van der Waals surface area contributed by atoms with Crippen molar-refractivity contribution in [3.63, 3.8) is 0 Å². The van der Waals surface area contributed by atoms with E-state index >= 15 is 0 Å². The summed E-state index contributed by atoms with van der Waals surface area (Å²) in [6.07, 6.45) is 5.29. The summed E-state index contributed by atoms with van der Waals surface area (Å²) in [5, 5.41) is 3.33. The molecule has 0 saturated heterocycles. The Bertz CT molecular complexity index is 579. The van der Waals surface area contributed by atoms with Crippen LogP contribution in [0.25, 0.3) is 0 Å². The van der Waals surface area contributed by atoms with Gasteiger partial charge < -0.3 is 11.1 Å². The Morgan fingerprint density at radius 2 is 1.95 bits per heavy atom. The highest BCUT2D eigenvalue weighted by Gasteiger charge is 2.01. The molecular weight excluding hydrogens is 266 g/mol. The standard InChI is InChI=1S/C16H19N3S/c1-2-3-4-12-5-7-13(8-6-12)19-14-9-10-18-15(11-14)16(17)20/h5-11H,2-4H2,1H3,(H2,17,20)(H,18,19). The van der Waals surface area contributed by atoms with Crippen molar-refractivity contribution >= 4 is 28.6 Å². The van der Waals surface area contributed by atoms with Gasteiger partial charge in [0.25, 0.3) is 0 Å². The molecule has 0 saturated carbocycles. The van der Waals surface area contributed by atoms with E-state index in [4.69, 9.17) is 18.0 Å². The highest BCUT2D eigenvalue weighted by molar-refractivity contribution is 7.80. The first-order chi connectivity index (χ1) is 9.69. The summed E-state index contributed by atoms with van der Waals surface area (Å²) in [7, 11) is 0. The highest BCUT2D eigenvalue weighted by atomic mass is 32.1. The molecule has 1 aromatic carbocycles. The number of aromatic nitrogens is 1. The Morgan fingerprint density at radius 1 is 1.20 bits per heavy atom. The molecule has 3 nitrogen and oxygen atoms in total. The fourth-order valence-electron chi connectivity index (χ4n) is 1.95. The molecule has 20 heavy (non-hydrogen) atoms. The zero-order valence-corrected chi connectivity index (χ0v) is 12.4. The van der Waals surface area contributed by atoms with Crippen LogP contribution in [0.4, 0.5) is 11.4 Å². The van der Waals surface area contributed by atoms with Crippen molar-refractivity contribution in [3.05, 3.63) is 53.9 Å². The lowest BCUT2D eigenvalue weighted by molar-refractivity contribution is 0.795. The summed E-state index contributed by atoms with van der Waals surface area (Å²) >= 11 is 4.93. The predicted octanol–water partition coefficient (Wildman–Crippen LogP) is 3.80. The summed E-state index contributed by atoms with van der Waals surface area (Å²) in [6.45, 7) is 2.21. The van der Waals surface area contributed by atoms with Gasteiger partial charge in [0.1, 0.15) is 4.99 Å². The Hall–Kier alpha value is -1.94. The number of nitrogens with one attached hydrogen (secondary N) is 1. The molecule has 0 radical (unpaired) electrons. The summed E-state index contributed by atoms with van der Waals surface area (Å²) in [6, 6.07) is 12.2. The molecule has 0 amide bonds. The van der Waals surface area contributed by atoms with Gasteiger partial charge in [0.15, 0.2) is 0 Å². The van der Waals surface area contributed by atoms with Crippen LogP contribution in [0.2, 0.25) is 0 Å². The van der Waals surface area contributed by atoms with Gasteiger partial charge in [0.05, 0.1) is 5.69 Å². The van der Waals surface area contributed by atoms with Gasteiger partial charge in [-0.15, -0.1) is 0 Å². The molecule has 2 aromatic rings. The van der Waals surface area contributed by atoms with E-state index in [0.29, 0.717) is 10.7 Å². The van der Waals surface area contributed by atoms with E-state index in [9.17, 15) is 0 Å². The summed E-state index contributed by atoms with van der Waals surface area (Å²) in [5.41, 5.74) is 9.56. The van der Waals surface area contributed by atoms with Crippen molar-refractivity contribution in [2.45, 2.75) is 26.2 Å². The van der Waals surface area contributed by atoms with Crippen molar-refractivity contribution in [1.82, 2.24) is 4.98 Å². The topological polar surface area (TPSA) is 50.9 Å². The van der Waals surface area contributed by atoms with Crippen LogP contribution in [0.5, 0.6) is 0 Å². The van der Waals surface area contributed by atoms with Gasteiger partial charge in [-0.05, 0) is 42.7 Å². The molecule has 0 unspecified atom stereocenters. The molecule has 0 atom stereocenters. The van der Waals surface area contributed by atoms with E-state index in [0.717, 1.165) is 17.8 Å². The minimum Gasteiger partial charge on any atom is -0.388 e. The Morgan fingerprint density at radius 3 is 2.60 bits per heavy atom. The van der Waals surface area contributed by atoms with Crippen molar-refractivity contribution in [2.24, 2.45) is 5.73 Å². The molecule has 0 aliphatic heterocycles. The van der Waals surface area contributed by atoms with Gasteiger partial charge >= 0.3 is 0 Å². The first kappa shape index (κ1) is 14.5. The minimum absolute atomic E-state index is 0.309. The van der Waals surface area contributed by atoms with Gasteiger partial charge in [-0.25, -0.2) is 0 Å². The molecule has 1 aromatic heterocycles. The largest absolute Gasteiger partial charge is 0.388 e. The van der Waals surface area contributed by atoms with Gasteiger partial charge in [-0.2, -0.15) is 0 Å². The Kier molecular flexibility index (Phi) is 5.07. The lowest BCUT2D eigenvalue weighted by Crippen LogP contribution is -2.11. The van der Waals surface area contributed by atoms with Crippen molar-refractivity contribution < 1.29 is 0 Å². The van der Waals surface area contributed by atoms with Crippen molar-refractivity contribution in [3.8, 4) is 0 Å². The van der Waals surface area contributed by atoms with Crippen LogP contribution in [0, 0.1) is 0 Å². The Labute approximate surface area is 125 Å². The molecule has 0 aliphatic carbocycles. The van der Waals surface area contributed by atoms with E-state index in [-0.39, 0.29) is 0 Å². The monoisotopic (exact) mass is 285 g/mol. The van der Waals surface area contributed by atoms with Crippen molar-refractivity contribution in [2.75, 3.05) is 5.32 Å². The highest BCUT2D eigenvalue weighted by Crippen LogP contribution is 2.18. The lowest BCUT2D eigenvalue weighted by atomic mass is 10.1. The van der Waals surface area contributed by atoms with Crippen LogP contribution < -0.4 is 11.1 Å². The predicted molar refractivity (Wildman–Crippen MR) is 88.5 cm³/mol. The second-order valence-corrected chi connectivity index (χ2v) is 5.16. The maximum absolute atomic E-state index is 5.58. The van der Waals surface area contributed by atoms with Crippen LogP contribution >= 0.6 is 12.2 Å². The first-order valence-corrected chi connectivity index (χ1v) is 7.21. The number of pyridine rings is 1. The van der Waals surface area contributed by atoms with E-state index in [1.807, 2.05) is 12.1 Å². The SMILES string of the molecule is CCCCc1ccc(Nc2ccnc(C(N)=S)c2)cc1. The third-order valence-corrected chi connectivity index (χ3v) is 3.28. The second-order valence-electron chi connectivity index (χ2n) is 4.72. The third-order valence-electron chi connectivity index (χ3n) is 3.07. The Balaban J connectivity index is 2.06. The zero-order chi connectivity index (χ0) is 14.4. The van der Waals surface area contributed by atoms with Gasteiger partial charge in [-0.1, -0.05) is 37.7 Å².